The van der Waals surface area contributed by atoms with E-state index in [9.17, 15) is 5.11 Å². The second-order valence-corrected chi connectivity index (χ2v) is 6.24. The van der Waals surface area contributed by atoms with Crippen LogP contribution in [0.3, 0.4) is 0 Å². The highest BCUT2D eigenvalue weighted by Gasteiger charge is 2.30. The van der Waals surface area contributed by atoms with Gasteiger partial charge in [-0.3, -0.25) is 0 Å². The molecule has 1 saturated carbocycles. The summed E-state index contributed by atoms with van der Waals surface area (Å²) in [7, 11) is 0. The van der Waals surface area contributed by atoms with Crippen LogP contribution in [0.2, 0.25) is 0 Å². The lowest BCUT2D eigenvalue weighted by Crippen LogP contribution is -2.50. The fraction of sp³-hybridized carbons (Fsp3) is 1.00. The van der Waals surface area contributed by atoms with E-state index in [1.807, 2.05) is 0 Å². The molecule has 90 valence electrons. The molecule has 0 aliphatic heterocycles. The molecule has 1 aliphatic rings. The molecule has 0 amide bonds. The minimum atomic E-state index is 0.0451. The molecule has 0 bridgehead atoms. The predicted molar refractivity (Wildman–Crippen MR) is 65.0 cm³/mol. The van der Waals surface area contributed by atoms with Gasteiger partial charge >= 0.3 is 0 Å². The first-order valence-corrected chi connectivity index (χ1v) is 6.33. The van der Waals surface area contributed by atoms with Crippen molar-refractivity contribution in [2.24, 2.45) is 5.41 Å². The molecule has 2 nitrogen and oxygen atoms in total. The molecule has 2 N–H and O–H groups in total. The Morgan fingerprint density at radius 2 is 1.73 bits per heavy atom. The van der Waals surface area contributed by atoms with Crippen molar-refractivity contribution in [1.29, 1.82) is 0 Å². The van der Waals surface area contributed by atoms with Crippen LogP contribution in [0, 0.1) is 5.41 Å². The number of hydrogen-bond acceptors (Lipinski definition) is 2. The van der Waals surface area contributed by atoms with Crippen molar-refractivity contribution in [2.45, 2.75) is 64.8 Å². The van der Waals surface area contributed by atoms with Crippen LogP contribution in [-0.4, -0.2) is 23.8 Å². The Labute approximate surface area is 94.5 Å². The standard InChI is InChI=1S/C13H27NO/c1-12(2,3)9-10-14-13(11-15)7-5-4-6-8-13/h14-15H,4-11H2,1-3H3. The van der Waals surface area contributed by atoms with Gasteiger partial charge in [0, 0.05) is 5.54 Å². The summed E-state index contributed by atoms with van der Waals surface area (Å²) in [6.07, 6.45) is 7.34. The molecule has 1 rings (SSSR count). The van der Waals surface area contributed by atoms with E-state index in [4.69, 9.17) is 0 Å². The maximum absolute atomic E-state index is 9.51. The zero-order chi connectivity index (χ0) is 11.4. The van der Waals surface area contributed by atoms with Gasteiger partial charge in [-0.15, -0.1) is 0 Å². The van der Waals surface area contributed by atoms with Crippen LogP contribution >= 0.6 is 0 Å². The van der Waals surface area contributed by atoms with Crippen molar-refractivity contribution < 1.29 is 5.11 Å². The first-order chi connectivity index (χ1) is 6.97. The van der Waals surface area contributed by atoms with E-state index in [1.165, 1.54) is 25.7 Å². The molecule has 0 unspecified atom stereocenters. The van der Waals surface area contributed by atoms with Crippen LogP contribution < -0.4 is 5.32 Å². The second kappa shape index (κ2) is 5.31. The van der Waals surface area contributed by atoms with Gasteiger partial charge < -0.3 is 10.4 Å². The Kier molecular flexibility index (Phi) is 4.60. The Hall–Kier alpha value is -0.0800. The Bertz CT molecular complexity index is 177. The number of hydrogen-bond donors (Lipinski definition) is 2. The molecule has 0 heterocycles. The normalized spacial score (nSPS) is 21.6. The number of aliphatic hydroxyl groups excluding tert-OH is 1. The van der Waals surface area contributed by atoms with Gasteiger partial charge in [0.05, 0.1) is 6.61 Å². The third-order valence-corrected chi connectivity index (χ3v) is 3.49. The second-order valence-electron chi connectivity index (χ2n) is 6.24. The monoisotopic (exact) mass is 213 g/mol. The van der Waals surface area contributed by atoms with Crippen molar-refractivity contribution in [3.05, 3.63) is 0 Å². The number of aliphatic hydroxyl groups is 1. The lowest BCUT2D eigenvalue weighted by molar-refractivity contribution is 0.117. The van der Waals surface area contributed by atoms with Crippen LogP contribution in [0.25, 0.3) is 0 Å². The largest absolute Gasteiger partial charge is 0.394 e. The Morgan fingerprint density at radius 3 is 2.20 bits per heavy atom. The maximum atomic E-state index is 9.51. The maximum Gasteiger partial charge on any atom is 0.0613 e. The van der Waals surface area contributed by atoms with E-state index >= 15 is 0 Å². The van der Waals surface area contributed by atoms with Crippen molar-refractivity contribution in [3.8, 4) is 0 Å². The van der Waals surface area contributed by atoms with Crippen LogP contribution in [-0.2, 0) is 0 Å². The molecule has 0 aromatic heterocycles. The fourth-order valence-electron chi connectivity index (χ4n) is 2.32. The summed E-state index contributed by atoms with van der Waals surface area (Å²) in [6, 6.07) is 0. The highest BCUT2D eigenvalue weighted by atomic mass is 16.3. The zero-order valence-corrected chi connectivity index (χ0v) is 10.6. The molecule has 1 fully saturated rings. The highest BCUT2D eigenvalue weighted by Crippen LogP contribution is 2.28. The first-order valence-electron chi connectivity index (χ1n) is 6.33. The molecular weight excluding hydrogens is 186 g/mol. The summed E-state index contributed by atoms with van der Waals surface area (Å²) >= 11 is 0. The molecule has 0 spiro atoms. The van der Waals surface area contributed by atoms with Crippen molar-refractivity contribution >= 4 is 0 Å². The summed E-state index contributed by atoms with van der Waals surface area (Å²) < 4.78 is 0. The van der Waals surface area contributed by atoms with Crippen molar-refractivity contribution in [3.63, 3.8) is 0 Å². The molecular formula is C13H27NO. The van der Waals surface area contributed by atoms with Gasteiger partial charge in [0.15, 0.2) is 0 Å². The fourth-order valence-corrected chi connectivity index (χ4v) is 2.32. The van der Waals surface area contributed by atoms with Gasteiger partial charge in [0.25, 0.3) is 0 Å². The Morgan fingerprint density at radius 1 is 1.13 bits per heavy atom. The van der Waals surface area contributed by atoms with Crippen molar-refractivity contribution in [2.75, 3.05) is 13.2 Å². The van der Waals surface area contributed by atoms with E-state index in [2.05, 4.69) is 26.1 Å². The van der Waals surface area contributed by atoms with E-state index in [1.54, 1.807) is 0 Å². The summed E-state index contributed by atoms with van der Waals surface area (Å²) in [5.74, 6) is 0. The minimum absolute atomic E-state index is 0.0451. The third kappa shape index (κ3) is 4.52. The number of rotatable bonds is 4. The average Bonchev–Trinajstić information content (AvgIpc) is 2.17. The van der Waals surface area contributed by atoms with E-state index < -0.39 is 0 Å². The van der Waals surface area contributed by atoms with Gasteiger partial charge in [-0.1, -0.05) is 40.0 Å². The molecule has 1 aliphatic carbocycles. The summed E-state index contributed by atoms with van der Waals surface area (Å²) in [5.41, 5.74) is 0.432. The predicted octanol–water partition coefficient (Wildman–Crippen LogP) is 2.71. The van der Waals surface area contributed by atoms with Crippen LogP contribution in [0.5, 0.6) is 0 Å². The molecule has 0 radical (unpaired) electrons. The lowest BCUT2D eigenvalue weighted by atomic mass is 9.82. The zero-order valence-electron chi connectivity index (χ0n) is 10.6. The summed E-state index contributed by atoms with van der Waals surface area (Å²) in [6.45, 7) is 8.13. The number of nitrogens with one attached hydrogen (secondary N) is 1. The molecule has 0 saturated heterocycles. The smallest absolute Gasteiger partial charge is 0.0613 e. The molecule has 0 aromatic carbocycles. The van der Waals surface area contributed by atoms with E-state index in [0.29, 0.717) is 12.0 Å². The third-order valence-electron chi connectivity index (χ3n) is 3.49. The summed E-state index contributed by atoms with van der Waals surface area (Å²) in [5, 5.41) is 13.1. The van der Waals surface area contributed by atoms with Gasteiger partial charge in [0.1, 0.15) is 0 Å². The van der Waals surface area contributed by atoms with Gasteiger partial charge in [-0.25, -0.2) is 0 Å². The van der Waals surface area contributed by atoms with E-state index in [0.717, 1.165) is 19.4 Å². The first kappa shape index (κ1) is 13.0. The minimum Gasteiger partial charge on any atom is -0.394 e. The quantitative estimate of drug-likeness (QED) is 0.752. The topological polar surface area (TPSA) is 32.3 Å². The average molecular weight is 213 g/mol. The highest BCUT2D eigenvalue weighted by molar-refractivity contribution is 4.90. The summed E-state index contributed by atoms with van der Waals surface area (Å²) in [4.78, 5) is 0. The molecule has 0 atom stereocenters. The SMILES string of the molecule is CC(C)(C)CCNC1(CO)CCCCC1. The molecule has 15 heavy (non-hydrogen) atoms. The van der Waals surface area contributed by atoms with Crippen LogP contribution in [0.4, 0.5) is 0 Å². The van der Waals surface area contributed by atoms with Gasteiger partial charge in [0.2, 0.25) is 0 Å². The lowest BCUT2D eigenvalue weighted by Gasteiger charge is -2.37. The van der Waals surface area contributed by atoms with Gasteiger partial charge in [-0.05, 0) is 31.2 Å². The van der Waals surface area contributed by atoms with Crippen LogP contribution in [0.1, 0.15) is 59.3 Å². The molecule has 2 heteroatoms. The van der Waals surface area contributed by atoms with Gasteiger partial charge in [-0.2, -0.15) is 0 Å². The van der Waals surface area contributed by atoms with E-state index in [-0.39, 0.29) is 5.54 Å². The Balaban J connectivity index is 2.33. The van der Waals surface area contributed by atoms with Crippen LogP contribution in [0.15, 0.2) is 0 Å². The van der Waals surface area contributed by atoms with Crippen molar-refractivity contribution in [1.82, 2.24) is 5.32 Å². The molecule has 0 aromatic rings.